The monoisotopic (exact) mass is 494 g/mol. The Labute approximate surface area is 212 Å². The molecule has 0 amide bonds. The maximum absolute atomic E-state index is 4.77. The van der Waals surface area contributed by atoms with Crippen molar-refractivity contribution in [2.24, 2.45) is 5.92 Å². The fraction of sp³-hybridized carbons (Fsp3) is 0.259. The minimum Gasteiger partial charge on any atom is -0.314 e. The van der Waals surface area contributed by atoms with Gasteiger partial charge in [-0.2, -0.15) is 0 Å². The standard InChI is InChI=1S/C27H26N8S/c1-2-19(3-1)11-28-12-20-4-5-27-30-22(16-33(27)15-20)17-34-18-24(31-32-34)21-10-23(14-29-13-21)35-8-6-26-25(35)7-9-36-26/h4-10,13-16,18-19,28H,1-3,11-12,17H2. The van der Waals surface area contributed by atoms with E-state index in [1.165, 1.54) is 35.0 Å². The molecule has 8 nitrogen and oxygen atoms in total. The Morgan fingerprint density at radius 2 is 2.03 bits per heavy atom. The van der Waals surface area contributed by atoms with Crippen molar-refractivity contribution in [1.29, 1.82) is 0 Å². The number of hydrogen-bond donors (Lipinski definition) is 1. The van der Waals surface area contributed by atoms with Crippen LogP contribution in [-0.4, -0.2) is 40.5 Å². The first-order chi connectivity index (χ1) is 17.8. The van der Waals surface area contributed by atoms with Gasteiger partial charge in [0.15, 0.2) is 0 Å². The first kappa shape index (κ1) is 21.5. The van der Waals surface area contributed by atoms with Crippen molar-refractivity contribution in [3.8, 4) is 16.9 Å². The normalized spacial score (nSPS) is 14.1. The van der Waals surface area contributed by atoms with E-state index in [-0.39, 0.29) is 0 Å². The Hall–Kier alpha value is -3.82. The van der Waals surface area contributed by atoms with E-state index in [4.69, 9.17) is 4.98 Å². The molecule has 1 aliphatic rings. The molecule has 36 heavy (non-hydrogen) atoms. The van der Waals surface area contributed by atoms with Gasteiger partial charge in [0, 0.05) is 36.9 Å². The Morgan fingerprint density at radius 1 is 1.06 bits per heavy atom. The van der Waals surface area contributed by atoms with Crippen LogP contribution in [-0.2, 0) is 13.1 Å². The van der Waals surface area contributed by atoms with E-state index < -0.39 is 0 Å². The predicted molar refractivity (Wildman–Crippen MR) is 141 cm³/mol. The number of nitrogens with zero attached hydrogens (tertiary/aromatic N) is 7. The van der Waals surface area contributed by atoms with Gasteiger partial charge in [0.05, 0.1) is 40.5 Å². The van der Waals surface area contributed by atoms with Crippen LogP contribution in [0.2, 0.25) is 0 Å². The number of rotatable bonds is 8. The topological polar surface area (TPSA) is 77.9 Å². The average molecular weight is 495 g/mol. The van der Waals surface area contributed by atoms with Gasteiger partial charge in [0.2, 0.25) is 0 Å². The highest BCUT2D eigenvalue weighted by atomic mass is 32.1. The smallest absolute Gasteiger partial charge is 0.137 e. The van der Waals surface area contributed by atoms with E-state index >= 15 is 0 Å². The molecule has 9 heteroatoms. The molecule has 0 aromatic carbocycles. The van der Waals surface area contributed by atoms with Crippen molar-refractivity contribution in [2.45, 2.75) is 32.4 Å². The van der Waals surface area contributed by atoms with Crippen LogP contribution in [0, 0.1) is 5.92 Å². The molecule has 0 spiro atoms. The third kappa shape index (κ3) is 4.10. The van der Waals surface area contributed by atoms with Crippen molar-refractivity contribution >= 4 is 27.2 Å². The molecule has 1 fully saturated rings. The van der Waals surface area contributed by atoms with Gasteiger partial charge in [-0.25, -0.2) is 9.67 Å². The lowest BCUT2D eigenvalue weighted by Gasteiger charge is -2.25. The maximum atomic E-state index is 4.77. The summed E-state index contributed by atoms with van der Waals surface area (Å²) in [5.74, 6) is 0.866. The SMILES string of the molecule is c1cc2c(ccn2-c2cncc(-c3cn(Cc4cn5cc(CNCC6CCC6)ccc5n4)nn3)c2)s1. The number of hydrogen-bond acceptors (Lipinski definition) is 6. The summed E-state index contributed by atoms with van der Waals surface area (Å²) in [6, 6.07) is 10.6. The highest BCUT2D eigenvalue weighted by molar-refractivity contribution is 7.17. The zero-order valence-electron chi connectivity index (χ0n) is 19.8. The Bertz CT molecular complexity index is 1650. The second kappa shape index (κ2) is 9.00. The molecule has 1 saturated carbocycles. The molecule has 0 unspecified atom stereocenters. The van der Waals surface area contributed by atoms with Gasteiger partial charge in [-0.1, -0.05) is 17.7 Å². The molecular weight excluding hydrogens is 468 g/mol. The van der Waals surface area contributed by atoms with Gasteiger partial charge < -0.3 is 14.3 Å². The van der Waals surface area contributed by atoms with E-state index in [0.29, 0.717) is 6.54 Å². The highest BCUT2D eigenvalue weighted by Crippen LogP contribution is 2.27. The molecule has 1 N–H and O–H groups in total. The summed E-state index contributed by atoms with van der Waals surface area (Å²) in [6.45, 7) is 2.56. The van der Waals surface area contributed by atoms with E-state index in [1.807, 2.05) is 23.3 Å². The van der Waals surface area contributed by atoms with Crippen LogP contribution in [0.25, 0.3) is 32.8 Å². The van der Waals surface area contributed by atoms with E-state index in [1.54, 1.807) is 11.3 Å². The van der Waals surface area contributed by atoms with Gasteiger partial charge >= 0.3 is 0 Å². The number of fused-ring (bicyclic) bond motifs is 2. The summed E-state index contributed by atoms with van der Waals surface area (Å²) in [5, 5.41) is 14.5. The lowest BCUT2D eigenvalue weighted by Crippen LogP contribution is -2.26. The second-order valence-corrected chi connectivity index (χ2v) is 10.5. The zero-order valence-corrected chi connectivity index (χ0v) is 20.6. The molecule has 6 aromatic rings. The summed E-state index contributed by atoms with van der Waals surface area (Å²) in [5.41, 5.74) is 7.08. The fourth-order valence-corrected chi connectivity index (χ4v) is 5.62. The van der Waals surface area contributed by atoms with Gasteiger partial charge in [0.1, 0.15) is 11.3 Å². The molecule has 180 valence electrons. The molecule has 0 saturated heterocycles. The van der Waals surface area contributed by atoms with Crippen LogP contribution >= 0.6 is 11.3 Å². The maximum Gasteiger partial charge on any atom is 0.137 e. The van der Waals surface area contributed by atoms with Crippen molar-refractivity contribution in [2.75, 3.05) is 6.54 Å². The number of imidazole rings is 1. The van der Waals surface area contributed by atoms with Crippen LogP contribution < -0.4 is 5.32 Å². The highest BCUT2D eigenvalue weighted by Gasteiger charge is 2.16. The van der Waals surface area contributed by atoms with Gasteiger partial charge in [-0.15, -0.1) is 16.4 Å². The summed E-state index contributed by atoms with van der Waals surface area (Å²) in [6.07, 6.45) is 16.1. The second-order valence-electron chi connectivity index (χ2n) is 9.55. The number of aromatic nitrogens is 7. The largest absolute Gasteiger partial charge is 0.314 e. The third-order valence-corrected chi connectivity index (χ3v) is 7.89. The molecule has 0 radical (unpaired) electrons. The Morgan fingerprint density at radius 3 is 2.94 bits per heavy atom. The fourth-order valence-electron chi connectivity index (χ4n) is 4.85. The minimum atomic E-state index is 0.560. The summed E-state index contributed by atoms with van der Waals surface area (Å²) >= 11 is 1.74. The van der Waals surface area contributed by atoms with Gasteiger partial charge in [-0.05, 0) is 60.5 Å². The van der Waals surface area contributed by atoms with Crippen LogP contribution in [0.5, 0.6) is 0 Å². The van der Waals surface area contributed by atoms with E-state index in [0.717, 1.165) is 47.3 Å². The molecule has 7 rings (SSSR count). The number of pyridine rings is 2. The van der Waals surface area contributed by atoms with Crippen molar-refractivity contribution in [3.63, 3.8) is 0 Å². The Balaban J connectivity index is 1.07. The van der Waals surface area contributed by atoms with Crippen molar-refractivity contribution in [1.82, 2.24) is 39.2 Å². The zero-order chi connectivity index (χ0) is 23.9. The summed E-state index contributed by atoms with van der Waals surface area (Å²) in [4.78, 5) is 9.24. The van der Waals surface area contributed by atoms with Crippen LogP contribution in [0.15, 0.2) is 72.9 Å². The van der Waals surface area contributed by atoms with Gasteiger partial charge in [0.25, 0.3) is 0 Å². The Kier molecular flexibility index (Phi) is 5.36. The van der Waals surface area contributed by atoms with Crippen LogP contribution in [0.4, 0.5) is 0 Å². The molecule has 6 aromatic heterocycles. The van der Waals surface area contributed by atoms with Crippen molar-refractivity contribution < 1.29 is 0 Å². The molecule has 0 aliphatic heterocycles. The quantitative estimate of drug-likeness (QED) is 0.325. The molecule has 0 atom stereocenters. The van der Waals surface area contributed by atoms with Crippen LogP contribution in [0.1, 0.15) is 30.5 Å². The lowest BCUT2D eigenvalue weighted by molar-refractivity contribution is 0.301. The minimum absolute atomic E-state index is 0.560. The van der Waals surface area contributed by atoms with Gasteiger partial charge in [-0.3, -0.25) is 4.98 Å². The predicted octanol–water partition coefficient (Wildman–Crippen LogP) is 4.93. The van der Waals surface area contributed by atoms with Crippen molar-refractivity contribution in [3.05, 3.63) is 84.2 Å². The first-order valence-corrected chi connectivity index (χ1v) is 13.2. The summed E-state index contributed by atoms with van der Waals surface area (Å²) in [7, 11) is 0. The third-order valence-electron chi connectivity index (χ3n) is 7.02. The molecule has 6 heterocycles. The lowest BCUT2D eigenvalue weighted by atomic mass is 9.85. The number of thiophene rings is 1. The number of nitrogens with one attached hydrogen (secondary N) is 1. The van der Waals surface area contributed by atoms with E-state index in [9.17, 15) is 0 Å². The molecule has 0 bridgehead atoms. The van der Waals surface area contributed by atoms with E-state index in [2.05, 4.69) is 83.9 Å². The summed E-state index contributed by atoms with van der Waals surface area (Å²) < 4.78 is 7.34. The first-order valence-electron chi connectivity index (χ1n) is 12.4. The molecular formula is C27H26N8S. The average Bonchev–Trinajstić information content (AvgIpc) is 3.64. The van der Waals surface area contributed by atoms with Crippen LogP contribution in [0.3, 0.4) is 0 Å². The molecule has 1 aliphatic carbocycles.